The van der Waals surface area contributed by atoms with Gasteiger partial charge in [-0.2, -0.15) is 0 Å². The van der Waals surface area contributed by atoms with Gasteiger partial charge in [0.1, 0.15) is 16.7 Å². The predicted molar refractivity (Wildman–Crippen MR) is 123 cm³/mol. The first-order chi connectivity index (χ1) is 15.3. The van der Waals surface area contributed by atoms with Crippen LogP contribution in [0.3, 0.4) is 0 Å². The molecule has 1 aliphatic rings. The number of carbonyl (C=O) groups is 1. The van der Waals surface area contributed by atoms with E-state index >= 15 is 0 Å². The number of carbonyl (C=O) groups excluding carboxylic acids is 1. The van der Waals surface area contributed by atoms with Crippen LogP contribution in [0.25, 0.3) is 21.2 Å². The molecular weight excluding hydrogens is 450 g/mol. The summed E-state index contributed by atoms with van der Waals surface area (Å²) in [5.41, 5.74) is 0.302. The average Bonchev–Trinajstić information content (AvgIpc) is 3.22. The third kappa shape index (κ3) is 3.65. The topological polar surface area (TPSA) is 101 Å². The molecule has 2 aromatic heterocycles. The van der Waals surface area contributed by atoms with Gasteiger partial charge in [-0.15, -0.1) is 0 Å². The number of benzene rings is 2. The van der Waals surface area contributed by atoms with Crippen molar-refractivity contribution >= 4 is 53.4 Å². The van der Waals surface area contributed by atoms with Gasteiger partial charge in [0, 0.05) is 37.8 Å². The van der Waals surface area contributed by atoms with Crippen LogP contribution in [0, 0.1) is 0 Å². The molecule has 0 atom stereocenters. The summed E-state index contributed by atoms with van der Waals surface area (Å²) in [5.74, 6) is -0.354. The molecular formula is C22H19N3O5S2. The summed E-state index contributed by atoms with van der Waals surface area (Å²) >= 11 is 1.43. The van der Waals surface area contributed by atoms with Crippen LogP contribution in [0.1, 0.15) is 10.4 Å². The lowest BCUT2D eigenvalue weighted by Crippen LogP contribution is -2.49. The molecule has 4 aromatic rings. The Balaban J connectivity index is 1.36. The quantitative estimate of drug-likeness (QED) is 0.425. The van der Waals surface area contributed by atoms with Crippen LogP contribution in [0.5, 0.6) is 0 Å². The molecule has 2 aromatic carbocycles. The van der Waals surface area contributed by atoms with Gasteiger partial charge < -0.3 is 14.2 Å². The summed E-state index contributed by atoms with van der Waals surface area (Å²) < 4.78 is 30.2. The Morgan fingerprint density at radius 2 is 1.81 bits per heavy atom. The number of aromatic nitrogens is 1. The first kappa shape index (κ1) is 20.7. The van der Waals surface area contributed by atoms with Crippen molar-refractivity contribution in [3.63, 3.8) is 0 Å². The fourth-order valence-electron chi connectivity index (χ4n) is 3.83. The summed E-state index contributed by atoms with van der Waals surface area (Å²) in [6, 6.07) is 13.8. The summed E-state index contributed by atoms with van der Waals surface area (Å²) in [6.07, 6.45) is 1.18. The lowest BCUT2D eigenvalue weighted by atomic mass is 10.1. The zero-order valence-corrected chi connectivity index (χ0v) is 18.8. The molecule has 1 saturated heterocycles. The third-order valence-corrected chi connectivity index (χ3v) is 7.69. The van der Waals surface area contributed by atoms with E-state index in [0.29, 0.717) is 47.8 Å². The lowest BCUT2D eigenvalue weighted by Gasteiger charge is -2.34. The number of hydrogen-bond acceptors (Lipinski definition) is 8. The number of thiazole rings is 1. The Kier molecular flexibility index (Phi) is 4.98. The second kappa shape index (κ2) is 7.72. The number of amides is 1. The van der Waals surface area contributed by atoms with Crippen LogP contribution < -0.4 is 10.5 Å². The second-order valence-corrected chi connectivity index (χ2v) is 10.6. The highest BCUT2D eigenvalue weighted by molar-refractivity contribution is 7.91. The average molecular weight is 470 g/mol. The van der Waals surface area contributed by atoms with E-state index in [9.17, 15) is 18.0 Å². The van der Waals surface area contributed by atoms with Crippen molar-refractivity contribution in [2.75, 3.05) is 37.3 Å². The van der Waals surface area contributed by atoms with Gasteiger partial charge in [-0.25, -0.2) is 18.2 Å². The minimum atomic E-state index is -3.38. The number of anilines is 1. The molecule has 0 unspecified atom stereocenters. The fourth-order valence-corrected chi connectivity index (χ4v) is 5.77. The van der Waals surface area contributed by atoms with E-state index in [0.717, 1.165) is 4.70 Å². The molecule has 1 aliphatic heterocycles. The van der Waals surface area contributed by atoms with E-state index in [-0.39, 0.29) is 16.4 Å². The number of sulfone groups is 1. The van der Waals surface area contributed by atoms with Crippen molar-refractivity contribution in [3.05, 3.63) is 64.5 Å². The number of nitrogens with zero attached hydrogens (tertiary/aromatic N) is 3. The van der Waals surface area contributed by atoms with E-state index < -0.39 is 15.5 Å². The van der Waals surface area contributed by atoms with Gasteiger partial charge in [-0.3, -0.25) is 4.79 Å². The van der Waals surface area contributed by atoms with Gasteiger partial charge >= 0.3 is 5.63 Å². The van der Waals surface area contributed by atoms with Crippen molar-refractivity contribution in [2.24, 2.45) is 0 Å². The third-order valence-electron chi connectivity index (χ3n) is 5.48. The number of para-hydroxylation sites is 2. The minimum Gasteiger partial charge on any atom is -0.422 e. The normalized spacial score (nSPS) is 14.9. The van der Waals surface area contributed by atoms with Crippen LogP contribution in [0.4, 0.5) is 5.13 Å². The Hall–Kier alpha value is -3.24. The highest BCUT2D eigenvalue weighted by atomic mass is 32.2. The maximum atomic E-state index is 13.0. The van der Waals surface area contributed by atoms with E-state index in [4.69, 9.17) is 4.42 Å². The maximum absolute atomic E-state index is 13.0. The van der Waals surface area contributed by atoms with Crippen LogP contribution in [0.15, 0.2) is 62.6 Å². The van der Waals surface area contributed by atoms with Gasteiger partial charge in [-0.05, 0) is 24.3 Å². The molecule has 32 heavy (non-hydrogen) atoms. The van der Waals surface area contributed by atoms with Crippen LogP contribution in [-0.2, 0) is 9.84 Å². The van der Waals surface area contributed by atoms with Crippen molar-refractivity contribution in [2.45, 2.75) is 4.90 Å². The highest BCUT2D eigenvalue weighted by Gasteiger charge is 2.27. The molecule has 10 heteroatoms. The molecule has 0 aliphatic carbocycles. The van der Waals surface area contributed by atoms with Gasteiger partial charge in [0.05, 0.1) is 9.60 Å². The molecule has 1 amide bonds. The van der Waals surface area contributed by atoms with Crippen LogP contribution in [0.2, 0.25) is 0 Å². The molecule has 8 nitrogen and oxygen atoms in total. The second-order valence-electron chi connectivity index (χ2n) is 7.64. The summed E-state index contributed by atoms with van der Waals surface area (Å²) in [5, 5.41) is 1.42. The standard InChI is InChI=1S/C22H19N3O5S2/c1-32(28,29)18-8-4-7-17-19(18)23-22(31-17)25-11-9-24(10-12-25)20(26)15-13-14-5-2-3-6-16(14)30-21(15)27/h2-8,13H,9-12H2,1H3. The Labute approximate surface area is 187 Å². The Morgan fingerprint density at radius 1 is 1.06 bits per heavy atom. The molecule has 0 saturated carbocycles. The SMILES string of the molecule is CS(=O)(=O)c1cccc2sc(N3CCN(C(=O)c4cc5ccccc5oc4=O)CC3)nc12. The minimum absolute atomic E-state index is 0.0231. The van der Waals surface area contributed by atoms with E-state index in [1.165, 1.54) is 17.6 Å². The predicted octanol–water partition coefficient (Wildman–Crippen LogP) is 2.77. The van der Waals surface area contributed by atoms with Crippen LogP contribution in [-0.4, -0.2) is 56.6 Å². The molecule has 0 spiro atoms. The zero-order chi connectivity index (χ0) is 22.5. The van der Waals surface area contributed by atoms with E-state index in [2.05, 4.69) is 4.98 Å². The van der Waals surface area contributed by atoms with Gasteiger partial charge in [0.25, 0.3) is 5.91 Å². The monoisotopic (exact) mass is 469 g/mol. The summed E-state index contributed by atoms with van der Waals surface area (Å²) in [4.78, 5) is 33.8. The van der Waals surface area contributed by atoms with Crippen molar-refractivity contribution in [1.82, 2.24) is 9.88 Å². The van der Waals surface area contributed by atoms with Crippen molar-refractivity contribution in [1.29, 1.82) is 0 Å². The largest absolute Gasteiger partial charge is 0.422 e. The summed E-state index contributed by atoms with van der Waals surface area (Å²) in [6.45, 7) is 1.89. The first-order valence-electron chi connectivity index (χ1n) is 9.98. The Morgan fingerprint density at radius 3 is 2.56 bits per heavy atom. The number of piperazine rings is 1. The summed E-state index contributed by atoms with van der Waals surface area (Å²) in [7, 11) is -3.38. The Bertz CT molecular complexity index is 1520. The number of rotatable bonds is 3. The van der Waals surface area contributed by atoms with E-state index in [1.54, 1.807) is 41.3 Å². The van der Waals surface area contributed by atoms with Crippen molar-refractivity contribution < 1.29 is 17.6 Å². The van der Waals surface area contributed by atoms with Crippen LogP contribution >= 0.6 is 11.3 Å². The first-order valence-corrected chi connectivity index (χ1v) is 12.7. The lowest BCUT2D eigenvalue weighted by molar-refractivity contribution is 0.0742. The zero-order valence-electron chi connectivity index (χ0n) is 17.1. The highest BCUT2D eigenvalue weighted by Crippen LogP contribution is 2.33. The smallest absolute Gasteiger partial charge is 0.349 e. The van der Waals surface area contributed by atoms with Gasteiger partial charge in [-0.1, -0.05) is 35.6 Å². The molecule has 5 rings (SSSR count). The molecule has 0 bridgehead atoms. The molecule has 164 valence electrons. The number of hydrogen-bond donors (Lipinski definition) is 0. The molecule has 3 heterocycles. The fraction of sp³-hybridized carbons (Fsp3) is 0.227. The maximum Gasteiger partial charge on any atom is 0.349 e. The number of fused-ring (bicyclic) bond motifs is 2. The molecule has 0 N–H and O–H groups in total. The van der Waals surface area contributed by atoms with Gasteiger partial charge in [0.15, 0.2) is 15.0 Å². The van der Waals surface area contributed by atoms with Gasteiger partial charge in [0.2, 0.25) is 0 Å². The van der Waals surface area contributed by atoms with Crippen molar-refractivity contribution in [3.8, 4) is 0 Å². The van der Waals surface area contributed by atoms with E-state index in [1.807, 2.05) is 17.0 Å². The molecule has 1 fully saturated rings. The molecule has 0 radical (unpaired) electrons.